The number of nitrogens with zero attached hydrogens (tertiary/aromatic N) is 1. The highest BCUT2D eigenvalue weighted by molar-refractivity contribution is 7.89. The third-order valence-electron chi connectivity index (χ3n) is 2.78. The van der Waals surface area contributed by atoms with E-state index in [0.717, 1.165) is 22.8 Å². The summed E-state index contributed by atoms with van der Waals surface area (Å²) >= 11 is 1.55. The van der Waals surface area contributed by atoms with Crippen molar-refractivity contribution in [3.05, 3.63) is 15.8 Å². The molecule has 6 heteroatoms. The van der Waals surface area contributed by atoms with Crippen LogP contribution < -0.4 is 5.32 Å². The zero-order valence-corrected chi connectivity index (χ0v) is 14.0. The van der Waals surface area contributed by atoms with Crippen molar-refractivity contribution in [1.82, 2.24) is 9.62 Å². The molecule has 0 amide bonds. The molecule has 0 fully saturated rings. The smallest absolute Gasteiger partial charge is 0.243 e. The quantitative estimate of drug-likeness (QED) is 0.842. The number of nitrogens with one attached hydrogen (secondary N) is 1. The number of rotatable bonds is 7. The summed E-state index contributed by atoms with van der Waals surface area (Å²) in [6.45, 7) is 10.1. The summed E-state index contributed by atoms with van der Waals surface area (Å²) < 4.78 is 26.4. The molecule has 1 aromatic rings. The molecule has 0 spiro atoms. The van der Waals surface area contributed by atoms with Crippen LogP contribution in [0.25, 0.3) is 0 Å². The lowest BCUT2D eigenvalue weighted by molar-refractivity contribution is 0.417. The predicted molar refractivity (Wildman–Crippen MR) is 81.1 cm³/mol. The Bertz CT molecular complexity index is 507. The van der Waals surface area contributed by atoms with Gasteiger partial charge in [0.2, 0.25) is 10.0 Å². The lowest BCUT2D eigenvalue weighted by Gasteiger charge is -2.18. The fraction of sp³-hybridized carbons (Fsp3) is 0.692. The summed E-state index contributed by atoms with van der Waals surface area (Å²) in [6.07, 6.45) is 0. The minimum absolute atomic E-state index is 0.319. The Labute approximate surface area is 120 Å². The number of sulfonamides is 1. The highest BCUT2D eigenvalue weighted by atomic mass is 32.2. The van der Waals surface area contributed by atoms with Crippen LogP contribution in [0.3, 0.4) is 0 Å². The van der Waals surface area contributed by atoms with Gasteiger partial charge in [-0.1, -0.05) is 20.8 Å². The van der Waals surface area contributed by atoms with E-state index >= 15 is 0 Å². The average Bonchev–Trinajstić information content (AvgIpc) is 2.67. The minimum Gasteiger partial charge on any atom is -0.312 e. The summed E-state index contributed by atoms with van der Waals surface area (Å²) in [6, 6.07) is 1.80. The van der Waals surface area contributed by atoms with E-state index in [2.05, 4.69) is 5.32 Å². The highest BCUT2D eigenvalue weighted by Gasteiger charge is 2.25. The van der Waals surface area contributed by atoms with Crippen LogP contribution in [-0.2, 0) is 16.6 Å². The van der Waals surface area contributed by atoms with Gasteiger partial charge < -0.3 is 5.32 Å². The van der Waals surface area contributed by atoms with E-state index in [-0.39, 0.29) is 0 Å². The summed E-state index contributed by atoms with van der Waals surface area (Å²) in [4.78, 5) is 2.38. The Hall–Kier alpha value is -0.430. The van der Waals surface area contributed by atoms with Gasteiger partial charge in [0.05, 0.1) is 4.90 Å². The van der Waals surface area contributed by atoms with Crippen LogP contribution in [0.5, 0.6) is 0 Å². The summed E-state index contributed by atoms with van der Waals surface area (Å²) in [5, 5.41) is 3.22. The van der Waals surface area contributed by atoms with Gasteiger partial charge in [-0.15, -0.1) is 11.3 Å². The van der Waals surface area contributed by atoms with Gasteiger partial charge in [-0.25, -0.2) is 12.7 Å². The SMILES string of the molecule is CCNCc1cc(S(=O)(=O)N(C)CC(C)C)c(C)s1. The summed E-state index contributed by atoms with van der Waals surface area (Å²) in [7, 11) is -1.70. The lowest BCUT2D eigenvalue weighted by Crippen LogP contribution is -2.30. The maximum Gasteiger partial charge on any atom is 0.243 e. The number of hydrogen-bond acceptors (Lipinski definition) is 4. The first-order valence-corrected chi connectivity index (χ1v) is 8.81. The molecule has 4 nitrogen and oxygen atoms in total. The molecule has 0 saturated carbocycles. The van der Waals surface area contributed by atoms with Crippen LogP contribution in [-0.4, -0.2) is 32.9 Å². The van der Waals surface area contributed by atoms with Crippen molar-refractivity contribution < 1.29 is 8.42 Å². The number of aryl methyl sites for hydroxylation is 1. The van der Waals surface area contributed by atoms with Crippen molar-refractivity contribution in [2.45, 2.75) is 39.1 Å². The molecule has 110 valence electrons. The molecule has 0 aromatic carbocycles. The van der Waals surface area contributed by atoms with E-state index in [1.807, 2.05) is 27.7 Å². The van der Waals surface area contributed by atoms with Gasteiger partial charge in [0.15, 0.2) is 0 Å². The van der Waals surface area contributed by atoms with E-state index in [4.69, 9.17) is 0 Å². The Morgan fingerprint density at radius 1 is 1.42 bits per heavy atom. The molecular weight excluding hydrogens is 280 g/mol. The topological polar surface area (TPSA) is 49.4 Å². The Kier molecular flexibility index (Phi) is 5.98. The highest BCUT2D eigenvalue weighted by Crippen LogP contribution is 2.28. The first kappa shape index (κ1) is 16.6. The Balaban J connectivity index is 2.98. The number of hydrogen-bond donors (Lipinski definition) is 1. The molecular formula is C13H24N2O2S2. The standard InChI is InChI=1S/C13H24N2O2S2/c1-6-14-8-12-7-13(11(4)18-12)19(16,17)15(5)9-10(2)3/h7,10,14H,6,8-9H2,1-5H3. The van der Waals surface area contributed by atoms with Crippen molar-refractivity contribution in [3.8, 4) is 0 Å². The van der Waals surface area contributed by atoms with Gasteiger partial charge in [0.1, 0.15) is 0 Å². The molecule has 0 aliphatic rings. The minimum atomic E-state index is -3.35. The Morgan fingerprint density at radius 2 is 2.05 bits per heavy atom. The maximum atomic E-state index is 12.5. The lowest BCUT2D eigenvalue weighted by atomic mass is 10.2. The van der Waals surface area contributed by atoms with E-state index in [1.54, 1.807) is 24.5 Å². The summed E-state index contributed by atoms with van der Waals surface area (Å²) in [5.74, 6) is 0.319. The van der Waals surface area contributed by atoms with Gasteiger partial charge in [-0.3, -0.25) is 0 Å². The molecule has 0 atom stereocenters. The molecule has 19 heavy (non-hydrogen) atoms. The fourth-order valence-electron chi connectivity index (χ4n) is 1.90. The van der Waals surface area contributed by atoms with Crippen LogP contribution in [0.4, 0.5) is 0 Å². The molecule has 0 saturated heterocycles. The van der Waals surface area contributed by atoms with Crippen LogP contribution in [0.15, 0.2) is 11.0 Å². The van der Waals surface area contributed by atoms with Gasteiger partial charge in [-0.05, 0) is 25.5 Å². The van der Waals surface area contributed by atoms with Gasteiger partial charge >= 0.3 is 0 Å². The molecule has 0 unspecified atom stereocenters. The molecule has 0 aliphatic carbocycles. The fourth-order valence-corrected chi connectivity index (χ4v) is 4.80. The molecule has 1 aromatic heterocycles. The zero-order chi connectivity index (χ0) is 14.6. The molecule has 0 bridgehead atoms. The molecule has 0 radical (unpaired) electrons. The second-order valence-electron chi connectivity index (χ2n) is 5.09. The molecule has 1 rings (SSSR count). The van der Waals surface area contributed by atoms with Crippen LogP contribution in [0.1, 0.15) is 30.5 Å². The van der Waals surface area contributed by atoms with Gasteiger partial charge in [-0.2, -0.15) is 0 Å². The second kappa shape index (κ2) is 6.83. The van der Waals surface area contributed by atoms with E-state index in [9.17, 15) is 8.42 Å². The van der Waals surface area contributed by atoms with Crippen molar-refractivity contribution in [2.24, 2.45) is 5.92 Å². The van der Waals surface area contributed by atoms with Crippen LogP contribution >= 0.6 is 11.3 Å². The first-order valence-electron chi connectivity index (χ1n) is 6.55. The van der Waals surface area contributed by atoms with Crippen molar-refractivity contribution in [2.75, 3.05) is 20.1 Å². The molecule has 1 N–H and O–H groups in total. The van der Waals surface area contributed by atoms with Crippen LogP contribution in [0, 0.1) is 12.8 Å². The van der Waals surface area contributed by atoms with Crippen molar-refractivity contribution >= 4 is 21.4 Å². The largest absolute Gasteiger partial charge is 0.312 e. The average molecular weight is 304 g/mol. The maximum absolute atomic E-state index is 12.5. The third-order valence-corrected chi connectivity index (χ3v) is 5.91. The van der Waals surface area contributed by atoms with E-state index in [0.29, 0.717) is 17.4 Å². The van der Waals surface area contributed by atoms with Gasteiger partial charge in [0.25, 0.3) is 0 Å². The van der Waals surface area contributed by atoms with Gasteiger partial charge in [0, 0.05) is 29.9 Å². The zero-order valence-electron chi connectivity index (χ0n) is 12.4. The van der Waals surface area contributed by atoms with E-state index < -0.39 is 10.0 Å². The second-order valence-corrected chi connectivity index (χ2v) is 8.45. The Morgan fingerprint density at radius 3 is 2.58 bits per heavy atom. The summed E-state index contributed by atoms with van der Waals surface area (Å²) in [5.41, 5.74) is 0. The van der Waals surface area contributed by atoms with Crippen LogP contribution in [0.2, 0.25) is 0 Å². The molecule has 0 aliphatic heterocycles. The molecule has 1 heterocycles. The first-order chi connectivity index (χ1) is 8.78. The van der Waals surface area contributed by atoms with E-state index in [1.165, 1.54) is 4.31 Å². The predicted octanol–water partition coefficient (Wildman–Crippen LogP) is 2.44. The van der Waals surface area contributed by atoms with Crippen molar-refractivity contribution in [1.29, 1.82) is 0 Å². The third kappa shape index (κ3) is 4.27. The van der Waals surface area contributed by atoms with Crippen molar-refractivity contribution in [3.63, 3.8) is 0 Å². The number of thiophene rings is 1. The normalized spacial score (nSPS) is 12.6. The monoisotopic (exact) mass is 304 g/mol.